The number of hydrogen-bond donors (Lipinski definition) is 1. The third kappa shape index (κ3) is 6.28. The molecule has 3 rings (SSSR count). The Morgan fingerprint density at radius 1 is 1.28 bits per heavy atom. The number of benzene rings is 1. The maximum atomic E-state index is 14.6. The summed E-state index contributed by atoms with van der Waals surface area (Å²) in [7, 11) is -3.53. The van der Waals surface area contributed by atoms with Crippen LogP contribution >= 0.6 is 0 Å². The van der Waals surface area contributed by atoms with Crippen LogP contribution in [0.1, 0.15) is 52.8 Å². The topological polar surface area (TPSA) is 119 Å². The standard InChI is InChI=1S/C24H33FN6O4S/c1-8-30(23(32)35-24(4,5)6)12-11-15(2)31-22-20(16(3)29-31)21(26-14-27-22)28-19-10-9-17(13-18(19)25)36(7,33)34/h9-10,13-15H,8,11-12H2,1-7H3,(H,26,27,28). The first-order valence-corrected chi connectivity index (χ1v) is 13.5. The van der Waals surface area contributed by atoms with Crippen molar-refractivity contribution in [1.82, 2.24) is 24.6 Å². The highest BCUT2D eigenvalue weighted by molar-refractivity contribution is 7.90. The molecule has 36 heavy (non-hydrogen) atoms. The lowest BCUT2D eigenvalue weighted by Gasteiger charge is -2.27. The number of ether oxygens (including phenoxy) is 1. The van der Waals surface area contributed by atoms with Gasteiger partial charge in [-0.1, -0.05) is 0 Å². The number of carbonyl (C=O) groups excluding carboxylic acids is 1. The molecule has 1 aromatic carbocycles. The molecule has 2 heterocycles. The molecule has 10 nitrogen and oxygen atoms in total. The largest absolute Gasteiger partial charge is 0.444 e. The summed E-state index contributed by atoms with van der Waals surface area (Å²) in [6, 6.07) is 3.56. The van der Waals surface area contributed by atoms with E-state index in [1.807, 2.05) is 41.5 Å². The average molecular weight is 521 g/mol. The number of halogens is 1. The second-order valence-electron chi connectivity index (χ2n) is 9.69. The Balaban J connectivity index is 1.84. The normalized spacial score (nSPS) is 13.0. The number of anilines is 2. The summed E-state index contributed by atoms with van der Waals surface area (Å²) in [5.41, 5.74) is 0.716. The zero-order valence-electron chi connectivity index (χ0n) is 21.7. The second-order valence-corrected chi connectivity index (χ2v) is 11.7. The SMILES string of the molecule is CCN(CCC(C)n1nc(C)c2c(Nc3ccc(S(C)(=O)=O)cc3F)ncnc21)C(=O)OC(C)(C)C. The molecule has 196 valence electrons. The van der Waals surface area contributed by atoms with E-state index in [1.165, 1.54) is 18.5 Å². The van der Waals surface area contributed by atoms with Gasteiger partial charge in [0.25, 0.3) is 0 Å². The molecule has 0 aliphatic heterocycles. The van der Waals surface area contributed by atoms with Gasteiger partial charge in [0.05, 0.1) is 27.7 Å². The molecule has 0 saturated carbocycles. The Morgan fingerprint density at radius 2 is 1.97 bits per heavy atom. The number of hydrogen-bond acceptors (Lipinski definition) is 8. The Kier molecular flexibility index (Phi) is 7.87. The highest BCUT2D eigenvalue weighted by Gasteiger charge is 2.23. The summed E-state index contributed by atoms with van der Waals surface area (Å²) in [4.78, 5) is 22.7. The van der Waals surface area contributed by atoms with E-state index in [2.05, 4.69) is 20.4 Å². The average Bonchev–Trinajstić information content (AvgIpc) is 3.11. The fraction of sp³-hybridized carbons (Fsp3) is 0.500. The van der Waals surface area contributed by atoms with Crippen molar-refractivity contribution in [1.29, 1.82) is 0 Å². The van der Waals surface area contributed by atoms with Crippen LogP contribution in [0.15, 0.2) is 29.4 Å². The van der Waals surface area contributed by atoms with Gasteiger partial charge in [-0.05, 0) is 66.2 Å². The molecule has 0 bridgehead atoms. The summed E-state index contributed by atoms with van der Waals surface area (Å²) in [5.74, 6) is -0.365. The van der Waals surface area contributed by atoms with E-state index in [9.17, 15) is 17.6 Å². The van der Waals surface area contributed by atoms with Gasteiger partial charge in [-0.3, -0.25) is 0 Å². The summed E-state index contributed by atoms with van der Waals surface area (Å²) in [6.45, 7) is 12.2. The van der Waals surface area contributed by atoms with Crippen molar-refractivity contribution in [2.45, 2.75) is 64.5 Å². The van der Waals surface area contributed by atoms with Crippen LogP contribution in [0.25, 0.3) is 11.0 Å². The van der Waals surface area contributed by atoms with Crippen molar-refractivity contribution in [3.63, 3.8) is 0 Å². The first kappa shape index (κ1) is 27.3. The Hall–Kier alpha value is -3.28. The van der Waals surface area contributed by atoms with Crippen LogP contribution in [0.5, 0.6) is 0 Å². The van der Waals surface area contributed by atoms with Crippen LogP contribution in [-0.2, 0) is 14.6 Å². The fourth-order valence-electron chi connectivity index (χ4n) is 3.67. The molecule has 1 unspecified atom stereocenters. The van der Waals surface area contributed by atoms with Gasteiger partial charge in [-0.25, -0.2) is 32.3 Å². The van der Waals surface area contributed by atoms with Gasteiger partial charge < -0.3 is 15.0 Å². The summed E-state index contributed by atoms with van der Waals surface area (Å²) < 4.78 is 45.3. The Morgan fingerprint density at radius 3 is 2.56 bits per heavy atom. The molecule has 0 fully saturated rings. The van der Waals surface area contributed by atoms with E-state index in [4.69, 9.17) is 4.74 Å². The highest BCUT2D eigenvalue weighted by atomic mass is 32.2. The third-order valence-corrected chi connectivity index (χ3v) is 6.66. The van der Waals surface area contributed by atoms with Crippen LogP contribution in [-0.4, -0.2) is 64.1 Å². The minimum absolute atomic E-state index is 0.0820. The van der Waals surface area contributed by atoms with E-state index in [0.29, 0.717) is 42.1 Å². The molecule has 1 N–H and O–H groups in total. The van der Waals surface area contributed by atoms with Gasteiger partial charge in [0.2, 0.25) is 0 Å². The highest BCUT2D eigenvalue weighted by Crippen LogP contribution is 2.30. The van der Waals surface area contributed by atoms with Gasteiger partial charge in [0.1, 0.15) is 23.6 Å². The molecule has 0 aliphatic rings. The molecule has 3 aromatic rings. The predicted octanol–water partition coefficient (Wildman–Crippen LogP) is 4.63. The maximum absolute atomic E-state index is 14.6. The van der Waals surface area contributed by atoms with Crippen LogP contribution < -0.4 is 5.32 Å². The molecule has 0 aliphatic carbocycles. The van der Waals surface area contributed by atoms with Gasteiger partial charge >= 0.3 is 6.09 Å². The number of nitrogens with one attached hydrogen (secondary N) is 1. The molecule has 0 spiro atoms. The molecule has 2 aromatic heterocycles. The first-order chi connectivity index (χ1) is 16.7. The summed E-state index contributed by atoms with van der Waals surface area (Å²) in [5, 5.41) is 8.20. The molecule has 12 heteroatoms. The minimum atomic E-state index is -3.53. The van der Waals surface area contributed by atoms with Crippen molar-refractivity contribution in [2.24, 2.45) is 0 Å². The predicted molar refractivity (Wildman–Crippen MR) is 136 cm³/mol. The molecule has 0 saturated heterocycles. The van der Waals surface area contributed by atoms with Crippen LogP contribution in [0.2, 0.25) is 0 Å². The maximum Gasteiger partial charge on any atom is 0.410 e. The number of fused-ring (bicyclic) bond motifs is 1. The molecular weight excluding hydrogens is 487 g/mol. The smallest absolute Gasteiger partial charge is 0.410 e. The summed E-state index contributed by atoms with van der Waals surface area (Å²) in [6.07, 6.45) is 2.63. The molecule has 0 radical (unpaired) electrons. The quantitative estimate of drug-likeness (QED) is 0.457. The lowest BCUT2D eigenvalue weighted by atomic mass is 10.2. The molecular formula is C24H33FN6O4S. The zero-order chi connectivity index (χ0) is 26.8. The van der Waals surface area contributed by atoms with Crippen LogP contribution in [0.3, 0.4) is 0 Å². The van der Waals surface area contributed by atoms with E-state index in [0.717, 1.165) is 12.3 Å². The monoisotopic (exact) mass is 520 g/mol. The number of amides is 1. The third-order valence-electron chi connectivity index (χ3n) is 5.55. The minimum Gasteiger partial charge on any atom is -0.444 e. The van der Waals surface area contributed by atoms with Gasteiger partial charge in [0, 0.05) is 19.3 Å². The van der Waals surface area contributed by atoms with Crippen molar-refractivity contribution in [3.8, 4) is 0 Å². The van der Waals surface area contributed by atoms with Crippen LogP contribution in [0, 0.1) is 12.7 Å². The number of nitrogens with zero attached hydrogens (tertiary/aromatic N) is 5. The van der Waals surface area contributed by atoms with Gasteiger partial charge in [0.15, 0.2) is 15.5 Å². The lowest BCUT2D eigenvalue weighted by molar-refractivity contribution is 0.0252. The van der Waals surface area contributed by atoms with E-state index >= 15 is 0 Å². The van der Waals surface area contributed by atoms with Crippen molar-refractivity contribution in [2.75, 3.05) is 24.7 Å². The van der Waals surface area contributed by atoms with Crippen molar-refractivity contribution >= 4 is 38.5 Å². The van der Waals surface area contributed by atoms with Crippen molar-refractivity contribution in [3.05, 3.63) is 36.0 Å². The number of sulfone groups is 1. The number of aromatic nitrogens is 4. The van der Waals surface area contributed by atoms with E-state index < -0.39 is 21.3 Å². The first-order valence-electron chi connectivity index (χ1n) is 11.7. The zero-order valence-corrected chi connectivity index (χ0v) is 22.5. The summed E-state index contributed by atoms with van der Waals surface area (Å²) >= 11 is 0. The second kappa shape index (κ2) is 10.4. The van der Waals surface area contributed by atoms with Gasteiger partial charge in [-0.2, -0.15) is 5.10 Å². The number of carbonyl (C=O) groups is 1. The lowest BCUT2D eigenvalue weighted by Crippen LogP contribution is -2.37. The molecule has 1 amide bonds. The van der Waals surface area contributed by atoms with Crippen LogP contribution in [0.4, 0.5) is 20.7 Å². The number of aryl methyl sites for hydroxylation is 1. The molecule has 1 atom stereocenters. The number of rotatable bonds is 8. The van der Waals surface area contributed by atoms with E-state index in [-0.39, 0.29) is 22.7 Å². The van der Waals surface area contributed by atoms with E-state index in [1.54, 1.807) is 9.58 Å². The Bertz CT molecular complexity index is 1370. The van der Waals surface area contributed by atoms with Crippen molar-refractivity contribution < 1.29 is 22.3 Å². The Labute approximate surface area is 210 Å². The fourth-order valence-corrected chi connectivity index (χ4v) is 4.30. The van der Waals surface area contributed by atoms with Gasteiger partial charge in [-0.15, -0.1) is 0 Å².